The molecule has 2 heterocycles. The highest BCUT2D eigenvalue weighted by Crippen LogP contribution is 2.42. The number of aromatic nitrogens is 2. The fraction of sp³-hybridized carbons (Fsp3) is 0.438. The molecule has 23 heavy (non-hydrogen) atoms. The first kappa shape index (κ1) is 14.4. The molecule has 1 aromatic heterocycles. The highest BCUT2D eigenvalue weighted by atomic mass is 32.1. The summed E-state index contributed by atoms with van der Waals surface area (Å²) < 4.78 is 0. The molecule has 2 aromatic rings. The second-order valence-corrected chi connectivity index (χ2v) is 7.09. The first-order valence-electron chi connectivity index (χ1n) is 7.99. The maximum atomic E-state index is 12.1. The molecule has 4 rings (SSSR count). The molecule has 0 radical (unpaired) electrons. The predicted molar refractivity (Wildman–Crippen MR) is 91.1 cm³/mol. The van der Waals surface area contributed by atoms with Crippen LogP contribution in [-0.4, -0.2) is 35.4 Å². The first-order chi connectivity index (χ1) is 11.3. The summed E-state index contributed by atoms with van der Waals surface area (Å²) in [5.41, 5.74) is 1.20. The topological polar surface area (TPSA) is 70.1 Å². The van der Waals surface area contributed by atoms with Gasteiger partial charge >= 0.3 is 6.03 Å². The summed E-state index contributed by atoms with van der Waals surface area (Å²) in [6, 6.07) is 10.3. The molecule has 0 unspecified atom stereocenters. The molecule has 2 amide bonds. The van der Waals surface area contributed by atoms with Crippen molar-refractivity contribution < 1.29 is 4.79 Å². The van der Waals surface area contributed by atoms with Crippen LogP contribution in [0.15, 0.2) is 30.3 Å². The van der Waals surface area contributed by atoms with E-state index in [2.05, 4.69) is 37.9 Å². The molecule has 1 saturated heterocycles. The zero-order valence-corrected chi connectivity index (χ0v) is 13.6. The highest BCUT2D eigenvalue weighted by molar-refractivity contribution is 7.15. The lowest BCUT2D eigenvalue weighted by molar-refractivity contribution is 0.249. The number of amides is 2. The van der Waals surface area contributed by atoms with Gasteiger partial charge in [0.05, 0.1) is 0 Å². The van der Waals surface area contributed by atoms with E-state index in [0.717, 1.165) is 24.5 Å². The van der Waals surface area contributed by atoms with Gasteiger partial charge in [-0.1, -0.05) is 29.5 Å². The molecule has 7 heteroatoms. The molecule has 0 bridgehead atoms. The van der Waals surface area contributed by atoms with Crippen LogP contribution in [0.3, 0.4) is 0 Å². The van der Waals surface area contributed by atoms with E-state index >= 15 is 0 Å². The average molecular weight is 329 g/mol. The van der Waals surface area contributed by atoms with E-state index in [1.165, 1.54) is 29.9 Å². The Hall–Kier alpha value is -2.15. The summed E-state index contributed by atoms with van der Waals surface area (Å²) in [5.74, 6) is 0.570. The Morgan fingerprint density at radius 2 is 2.00 bits per heavy atom. The summed E-state index contributed by atoms with van der Waals surface area (Å²) in [6.07, 6.45) is 3.34. The van der Waals surface area contributed by atoms with E-state index in [9.17, 15) is 4.79 Å². The Balaban J connectivity index is 1.29. The van der Waals surface area contributed by atoms with Crippen molar-refractivity contribution >= 4 is 28.2 Å². The van der Waals surface area contributed by atoms with Gasteiger partial charge in [0, 0.05) is 30.7 Å². The zero-order chi connectivity index (χ0) is 15.6. The molecular weight excluding hydrogens is 310 g/mol. The molecule has 1 saturated carbocycles. The number of urea groups is 1. The Labute approximate surface area is 138 Å². The van der Waals surface area contributed by atoms with Crippen LogP contribution in [0, 0.1) is 0 Å². The summed E-state index contributed by atoms with van der Waals surface area (Å²) in [4.78, 5) is 14.4. The molecule has 6 nitrogen and oxygen atoms in total. The van der Waals surface area contributed by atoms with Crippen molar-refractivity contribution in [2.24, 2.45) is 0 Å². The number of carbonyl (C=O) groups excluding carboxylic acids is 1. The van der Waals surface area contributed by atoms with Crippen molar-refractivity contribution in [2.45, 2.75) is 31.2 Å². The SMILES string of the molecule is O=C(Nc1nnc(C2CC2)s1)N[C@@H]1CCN(c2ccccc2)C1. The largest absolute Gasteiger partial charge is 0.369 e. The van der Waals surface area contributed by atoms with Crippen LogP contribution in [0.2, 0.25) is 0 Å². The van der Waals surface area contributed by atoms with E-state index in [4.69, 9.17) is 0 Å². The van der Waals surface area contributed by atoms with Crippen LogP contribution in [0.4, 0.5) is 15.6 Å². The molecule has 2 aliphatic rings. The summed E-state index contributed by atoms with van der Waals surface area (Å²) in [7, 11) is 0. The minimum Gasteiger partial charge on any atom is -0.369 e. The van der Waals surface area contributed by atoms with Gasteiger partial charge in [0.2, 0.25) is 5.13 Å². The molecular formula is C16H19N5OS. The van der Waals surface area contributed by atoms with Crippen molar-refractivity contribution in [2.75, 3.05) is 23.3 Å². The average Bonchev–Trinajstić information content (AvgIpc) is 3.14. The predicted octanol–water partition coefficient (Wildman–Crippen LogP) is 2.82. The van der Waals surface area contributed by atoms with Crippen LogP contribution >= 0.6 is 11.3 Å². The van der Waals surface area contributed by atoms with Crippen molar-refractivity contribution in [3.8, 4) is 0 Å². The number of nitrogens with zero attached hydrogens (tertiary/aromatic N) is 3. The zero-order valence-electron chi connectivity index (χ0n) is 12.7. The third-order valence-electron chi connectivity index (χ3n) is 4.23. The molecule has 0 spiro atoms. The number of nitrogens with one attached hydrogen (secondary N) is 2. The minimum atomic E-state index is -0.191. The van der Waals surface area contributed by atoms with Gasteiger partial charge in [0.25, 0.3) is 0 Å². The molecule has 1 atom stereocenters. The summed E-state index contributed by atoms with van der Waals surface area (Å²) in [5, 5.41) is 15.6. The van der Waals surface area contributed by atoms with Crippen LogP contribution in [-0.2, 0) is 0 Å². The summed E-state index contributed by atoms with van der Waals surface area (Å²) >= 11 is 1.48. The summed E-state index contributed by atoms with van der Waals surface area (Å²) in [6.45, 7) is 1.79. The van der Waals surface area contributed by atoms with Gasteiger partial charge in [-0.25, -0.2) is 4.79 Å². The van der Waals surface area contributed by atoms with Crippen molar-refractivity contribution in [3.63, 3.8) is 0 Å². The van der Waals surface area contributed by atoms with E-state index < -0.39 is 0 Å². The number of anilines is 2. The number of rotatable bonds is 4. The standard InChI is InChI=1S/C16H19N5OS/c22-15(18-16-20-19-14(23-16)11-6-7-11)17-12-8-9-21(10-12)13-4-2-1-3-5-13/h1-5,11-12H,6-10H2,(H2,17,18,20,22)/t12-/m1/s1. The molecule has 120 valence electrons. The van der Waals surface area contributed by atoms with Crippen molar-refractivity contribution in [1.29, 1.82) is 0 Å². The van der Waals surface area contributed by atoms with Gasteiger partial charge in [-0.2, -0.15) is 0 Å². The lowest BCUT2D eigenvalue weighted by Gasteiger charge is -2.18. The number of hydrogen-bond donors (Lipinski definition) is 2. The first-order valence-corrected chi connectivity index (χ1v) is 8.80. The second-order valence-electron chi connectivity index (χ2n) is 6.09. The fourth-order valence-corrected chi connectivity index (χ4v) is 3.76. The molecule has 1 aromatic carbocycles. The minimum absolute atomic E-state index is 0.158. The van der Waals surface area contributed by atoms with Crippen LogP contribution in [0.1, 0.15) is 30.2 Å². The number of carbonyl (C=O) groups is 1. The number of para-hydroxylation sites is 1. The molecule has 1 aliphatic carbocycles. The molecule has 2 fully saturated rings. The Kier molecular flexibility index (Phi) is 3.87. The maximum Gasteiger partial charge on any atom is 0.321 e. The third-order valence-corrected chi connectivity index (χ3v) is 5.23. The number of hydrogen-bond acceptors (Lipinski definition) is 5. The quantitative estimate of drug-likeness (QED) is 0.905. The maximum absolute atomic E-state index is 12.1. The Bertz CT molecular complexity index is 685. The second kappa shape index (κ2) is 6.16. The number of benzene rings is 1. The van der Waals surface area contributed by atoms with E-state index in [1.54, 1.807) is 0 Å². The highest BCUT2D eigenvalue weighted by Gasteiger charge is 2.28. The van der Waals surface area contributed by atoms with E-state index in [1.807, 2.05) is 18.2 Å². The lowest BCUT2D eigenvalue weighted by Crippen LogP contribution is -2.39. The van der Waals surface area contributed by atoms with Gasteiger partial charge in [-0.15, -0.1) is 10.2 Å². The van der Waals surface area contributed by atoms with E-state index in [0.29, 0.717) is 11.0 Å². The van der Waals surface area contributed by atoms with Gasteiger partial charge in [-0.3, -0.25) is 5.32 Å². The Morgan fingerprint density at radius 1 is 1.17 bits per heavy atom. The lowest BCUT2D eigenvalue weighted by atomic mass is 10.3. The van der Waals surface area contributed by atoms with Crippen LogP contribution in [0.5, 0.6) is 0 Å². The molecule has 1 aliphatic heterocycles. The van der Waals surface area contributed by atoms with Gasteiger partial charge in [-0.05, 0) is 31.4 Å². The Morgan fingerprint density at radius 3 is 2.78 bits per heavy atom. The van der Waals surface area contributed by atoms with Crippen molar-refractivity contribution in [3.05, 3.63) is 35.3 Å². The van der Waals surface area contributed by atoms with E-state index in [-0.39, 0.29) is 12.1 Å². The van der Waals surface area contributed by atoms with Gasteiger partial charge < -0.3 is 10.2 Å². The smallest absolute Gasteiger partial charge is 0.321 e. The third kappa shape index (κ3) is 3.44. The van der Waals surface area contributed by atoms with Gasteiger partial charge in [0.1, 0.15) is 5.01 Å². The van der Waals surface area contributed by atoms with Crippen LogP contribution in [0.25, 0.3) is 0 Å². The van der Waals surface area contributed by atoms with Gasteiger partial charge in [0.15, 0.2) is 0 Å². The van der Waals surface area contributed by atoms with Crippen molar-refractivity contribution in [1.82, 2.24) is 15.5 Å². The monoisotopic (exact) mass is 329 g/mol. The normalized spacial score (nSPS) is 20.5. The molecule has 2 N–H and O–H groups in total. The van der Waals surface area contributed by atoms with Crippen LogP contribution < -0.4 is 15.5 Å². The fourth-order valence-electron chi connectivity index (χ4n) is 2.85.